The minimum atomic E-state index is -0.185. The topological polar surface area (TPSA) is 57.7 Å². The number of benzene rings is 1. The normalized spacial score (nSPS) is 26.4. The molecule has 2 atom stereocenters. The van der Waals surface area contributed by atoms with E-state index in [2.05, 4.69) is 0 Å². The van der Waals surface area contributed by atoms with Crippen LogP contribution < -0.4 is 4.90 Å². The average molecular weight is 312 g/mol. The summed E-state index contributed by atoms with van der Waals surface area (Å²) in [7, 11) is 0. The monoisotopic (exact) mass is 312 g/mol. The van der Waals surface area contributed by atoms with Crippen molar-refractivity contribution in [2.24, 2.45) is 11.8 Å². The molecule has 1 aromatic rings. The molecule has 2 aliphatic heterocycles. The lowest BCUT2D eigenvalue weighted by atomic mass is 9.81. The lowest BCUT2D eigenvalue weighted by molar-refractivity contribution is -0.143. The average Bonchev–Trinajstić information content (AvgIpc) is 3.11. The Labute approximate surface area is 135 Å². The van der Waals surface area contributed by atoms with Gasteiger partial charge in [-0.15, -0.1) is 0 Å². The fourth-order valence-corrected chi connectivity index (χ4v) is 4.20. The zero-order chi connectivity index (χ0) is 16.0. The number of hydrogen-bond acceptors (Lipinski definition) is 3. The van der Waals surface area contributed by atoms with E-state index >= 15 is 0 Å². The lowest BCUT2D eigenvalue weighted by Crippen LogP contribution is -2.42. The number of likely N-dealkylation sites (tertiary alicyclic amines) is 1. The zero-order valence-electron chi connectivity index (χ0n) is 13.0. The van der Waals surface area contributed by atoms with Crippen LogP contribution in [0.25, 0.3) is 0 Å². The number of amides is 3. The number of hydrogen-bond donors (Lipinski definition) is 0. The van der Waals surface area contributed by atoms with Crippen molar-refractivity contribution in [2.45, 2.75) is 32.1 Å². The molecule has 23 heavy (non-hydrogen) atoms. The van der Waals surface area contributed by atoms with E-state index in [0.29, 0.717) is 6.54 Å². The van der Waals surface area contributed by atoms with Crippen LogP contribution >= 0.6 is 0 Å². The maximum Gasteiger partial charge on any atom is 0.247 e. The Bertz CT molecular complexity index is 661. The van der Waals surface area contributed by atoms with Gasteiger partial charge in [0.25, 0.3) is 0 Å². The molecule has 0 aromatic heterocycles. The van der Waals surface area contributed by atoms with Gasteiger partial charge in [-0.3, -0.25) is 19.3 Å². The maximum absolute atomic E-state index is 12.6. The van der Waals surface area contributed by atoms with Gasteiger partial charge in [0.05, 0.1) is 11.8 Å². The number of carbonyl (C=O) groups is 3. The molecule has 3 aliphatic rings. The van der Waals surface area contributed by atoms with Crippen LogP contribution in [0.5, 0.6) is 0 Å². The van der Waals surface area contributed by atoms with Crippen molar-refractivity contribution in [2.75, 3.05) is 18.0 Å². The number of fused-ring (bicyclic) bond motifs is 2. The molecule has 0 radical (unpaired) electrons. The van der Waals surface area contributed by atoms with Crippen molar-refractivity contribution in [1.82, 2.24) is 4.90 Å². The largest absolute Gasteiger partial charge is 0.310 e. The first-order chi connectivity index (χ1) is 11.2. The summed E-state index contributed by atoms with van der Waals surface area (Å²) in [4.78, 5) is 40.5. The van der Waals surface area contributed by atoms with Crippen LogP contribution in [0.3, 0.4) is 0 Å². The van der Waals surface area contributed by atoms with Gasteiger partial charge in [0.1, 0.15) is 6.54 Å². The molecule has 1 saturated heterocycles. The summed E-state index contributed by atoms with van der Waals surface area (Å²) in [5.41, 5.74) is 2.06. The first-order valence-corrected chi connectivity index (χ1v) is 8.40. The highest BCUT2D eigenvalue weighted by molar-refractivity contribution is 6.09. The van der Waals surface area contributed by atoms with Gasteiger partial charge in [0.2, 0.25) is 17.7 Å². The van der Waals surface area contributed by atoms with Crippen LogP contribution in [0.4, 0.5) is 5.69 Å². The lowest BCUT2D eigenvalue weighted by Gasteiger charge is -2.21. The minimum Gasteiger partial charge on any atom is -0.310 e. The van der Waals surface area contributed by atoms with Crippen molar-refractivity contribution in [3.05, 3.63) is 29.8 Å². The smallest absolute Gasteiger partial charge is 0.247 e. The summed E-state index contributed by atoms with van der Waals surface area (Å²) in [6.45, 7) is 0.514. The molecule has 2 unspecified atom stereocenters. The first kappa shape index (κ1) is 14.4. The van der Waals surface area contributed by atoms with Crippen molar-refractivity contribution >= 4 is 23.4 Å². The summed E-state index contributed by atoms with van der Waals surface area (Å²) in [5.74, 6) is -0.804. The third kappa shape index (κ3) is 2.26. The predicted molar refractivity (Wildman–Crippen MR) is 84.7 cm³/mol. The molecule has 0 bridgehead atoms. The molecule has 5 heteroatoms. The fourth-order valence-electron chi connectivity index (χ4n) is 4.20. The Kier molecular flexibility index (Phi) is 3.43. The molecule has 1 aromatic carbocycles. The Morgan fingerprint density at radius 1 is 1.04 bits per heavy atom. The Morgan fingerprint density at radius 3 is 2.39 bits per heavy atom. The number of para-hydroxylation sites is 1. The Balaban J connectivity index is 1.51. The van der Waals surface area contributed by atoms with Crippen LogP contribution in [0.2, 0.25) is 0 Å². The van der Waals surface area contributed by atoms with Gasteiger partial charge in [-0.2, -0.15) is 0 Å². The van der Waals surface area contributed by atoms with Crippen molar-refractivity contribution in [3.8, 4) is 0 Å². The van der Waals surface area contributed by atoms with E-state index < -0.39 is 0 Å². The van der Waals surface area contributed by atoms with E-state index in [1.54, 1.807) is 4.90 Å². The summed E-state index contributed by atoms with van der Waals surface area (Å²) < 4.78 is 0. The van der Waals surface area contributed by atoms with E-state index in [1.807, 2.05) is 24.3 Å². The molecule has 5 nitrogen and oxygen atoms in total. The molecule has 3 amide bonds. The van der Waals surface area contributed by atoms with Crippen molar-refractivity contribution in [1.29, 1.82) is 0 Å². The second kappa shape index (κ2) is 5.48. The van der Waals surface area contributed by atoms with Gasteiger partial charge in [0.15, 0.2) is 0 Å². The van der Waals surface area contributed by atoms with Gasteiger partial charge in [-0.05, 0) is 30.9 Å². The Morgan fingerprint density at radius 2 is 1.70 bits per heavy atom. The molecule has 120 valence electrons. The van der Waals surface area contributed by atoms with E-state index in [0.717, 1.165) is 43.4 Å². The molecule has 1 aliphatic carbocycles. The van der Waals surface area contributed by atoms with E-state index in [-0.39, 0.29) is 36.1 Å². The third-order valence-corrected chi connectivity index (χ3v) is 5.41. The standard InChI is InChI=1S/C18H20N2O3/c21-16(19-10-9-12-5-1-4-8-15(12)19)11-20-17(22)13-6-2-3-7-14(13)18(20)23/h1,4-5,8,13-14H,2-3,6-7,9-11H2. The second-order valence-corrected chi connectivity index (χ2v) is 6.68. The van der Waals surface area contributed by atoms with Gasteiger partial charge in [-0.1, -0.05) is 31.0 Å². The van der Waals surface area contributed by atoms with Crippen LogP contribution in [0, 0.1) is 11.8 Å². The quantitative estimate of drug-likeness (QED) is 0.782. The molecule has 0 N–H and O–H groups in total. The van der Waals surface area contributed by atoms with Crippen LogP contribution in [0.1, 0.15) is 31.2 Å². The minimum absolute atomic E-state index is 0.112. The molecule has 2 fully saturated rings. The Hall–Kier alpha value is -2.17. The van der Waals surface area contributed by atoms with Crippen LogP contribution in [-0.4, -0.2) is 35.7 Å². The highest BCUT2D eigenvalue weighted by atomic mass is 16.2. The third-order valence-electron chi connectivity index (χ3n) is 5.41. The van der Waals surface area contributed by atoms with Crippen LogP contribution in [0.15, 0.2) is 24.3 Å². The molecule has 4 rings (SSSR count). The van der Waals surface area contributed by atoms with Gasteiger partial charge in [-0.25, -0.2) is 0 Å². The number of nitrogens with zero attached hydrogens (tertiary/aromatic N) is 2. The molecule has 2 heterocycles. The first-order valence-electron chi connectivity index (χ1n) is 8.40. The summed E-state index contributed by atoms with van der Waals surface area (Å²) >= 11 is 0. The SMILES string of the molecule is O=C1C2CCCCC2C(=O)N1CC(=O)N1CCc2ccccc21. The highest BCUT2D eigenvalue weighted by Crippen LogP contribution is 2.38. The van der Waals surface area contributed by atoms with Gasteiger partial charge >= 0.3 is 0 Å². The van der Waals surface area contributed by atoms with Crippen molar-refractivity contribution < 1.29 is 14.4 Å². The summed E-state index contributed by atoms with van der Waals surface area (Å²) in [5, 5.41) is 0. The van der Waals surface area contributed by atoms with Gasteiger partial charge in [0, 0.05) is 12.2 Å². The van der Waals surface area contributed by atoms with E-state index in [4.69, 9.17) is 0 Å². The molecular formula is C18H20N2O3. The van der Waals surface area contributed by atoms with Crippen LogP contribution in [-0.2, 0) is 20.8 Å². The number of rotatable bonds is 2. The highest BCUT2D eigenvalue weighted by Gasteiger charge is 2.48. The number of carbonyl (C=O) groups excluding carboxylic acids is 3. The number of imide groups is 1. The van der Waals surface area contributed by atoms with E-state index in [1.165, 1.54) is 4.90 Å². The summed E-state index contributed by atoms with van der Waals surface area (Å²) in [6, 6.07) is 7.81. The molecular weight excluding hydrogens is 292 g/mol. The van der Waals surface area contributed by atoms with Gasteiger partial charge < -0.3 is 4.90 Å². The number of anilines is 1. The zero-order valence-corrected chi connectivity index (χ0v) is 13.0. The molecule has 1 saturated carbocycles. The van der Waals surface area contributed by atoms with E-state index in [9.17, 15) is 14.4 Å². The maximum atomic E-state index is 12.6. The molecule has 0 spiro atoms. The summed E-state index contributed by atoms with van der Waals surface area (Å²) in [6.07, 6.45) is 4.40. The second-order valence-electron chi connectivity index (χ2n) is 6.68. The fraction of sp³-hybridized carbons (Fsp3) is 0.500. The predicted octanol–water partition coefficient (Wildman–Crippen LogP) is 1.75. The van der Waals surface area contributed by atoms with Crippen molar-refractivity contribution in [3.63, 3.8) is 0 Å².